The van der Waals surface area contributed by atoms with Gasteiger partial charge in [0.1, 0.15) is 17.3 Å². The van der Waals surface area contributed by atoms with Gasteiger partial charge in [0.2, 0.25) is 5.91 Å². The summed E-state index contributed by atoms with van der Waals surface area (Å²) >= 11 is 0. The fraction of sp³-hybridized carbons (Fsp3) is 0.133. The minimum atomic E-state index is -0.728. The third kappa shape index (κ3) is 3.32. The van der Waals surface area contributed by atoms with Crippen LogP contribution in [-0.2, 0) is 4.79 Å². The van der Waals surface area contributed by atoms with Gasteiger partial charge in [0.15, 0.2) is 0 Å². The maximum Gasteiger partial charge on any atom is 0.243 e. The summed E-state index contributed by atoms with van der Waals surface area (Å²) in [5.41, 5.74) is 1.29. The van der Waals surface area contributed by atoms with E-state index >= 15 is 0 Å². The van der Waals surface area contributed by atoms with E-state index in [1.807, 2.05) is 19.1 Å². The molecule has 0 aromatic heterocycles. The molecule has 0 fully saturated rings. The molecule has 0 aliphatic heterocycles. The highest BCUT2D eigenvalue weighted by molar-refractivity contribution is 5.94. The first kappa shape index (κ1) is 14.0. The first-order valence-corrected chi connectivity index (χ1v) is 6.11. The standard InChI is InChI=1S/C15H14F2N2O/c1-10-5-2-3-8-13(10)19-14(20)9-18-15-11(16)6-4-7-12(15)17/h2-8,18H,9H2,1H3,(H,19,20). The van der Waals surface area contributed by atoms with Crippen LogP contribution < -0.4 is 10.6 Å². The Morgan fingerprint density at radius 2 is 1.70 bits per heavy atom. The number of carbonyl (C=O) groups excluding carboxylic acids is 1. The van der Waals surface area contributed by atoms with Crippen LogP contribution in [0.3, 0.4) is 0 Å². The topological polar surface area (TPSA) is 41.1 Å². The number of benzene rings is 2. The maximum atomic E-state index is 13.4. The van der Waals surface area contributed by atoms with Crippen molar-refractivity contribution in [2.45, 2.75) is 6.92 Å². The molecular weight excluding hydrogens is 262 g/mol. The predicted octanol–water partition coefficient (Wildman–Crippen LogP) is 3.32. The summed E-state index contributed by atoms with van der Waals surface area (Å²) in [5.74, 6) is -1.83. The SMILES string of the molecule is Cc1ccccc1NC(=O)CNc1c(F)cccc1F. The molecule has 5 heteroatoms. The maximum absolute atomic E-state index is 13.4. The summed E-state index contributed by atoms with van der Waals surface area (Å²) in [6.07, 6.45) is 0. The molecule has 20 heavy (non-hydrogen) atoms. The monoisotopic (exact) mass is 276 g/mol. The number of halogens is 2. The average Bonchev–Trinajstić information content (AvgIpc) is 2.41. The number of amides is 1. The van der Waals surface area contributed by atoms with E-state index in [9.17, 15) is 13.6 Å². The molecule has 0 atom stereocenters. The zero-order valence-corrected chi connectivity index (χ0v) is 10.9. The van der Waals surface area contributed by atoms with Crippen LogP contribution in [0.5, 0.6) is 0 Å². The van der Waals surface area contributed by atoms with Crippen LogP contribution in [0.15, 0.2) is 42.5 Å². The van der Waals surface area contributed by atoms with Gasteiger partial charge >= 0.3 is 0 Å². The minimum Gasteiger partial charge on any atom is -0.371 e. The van der Waals surface area contributed by atoms with Crippen LogP contribution in [0.25, 0.3) is 0 Å². The Bertz CT molecular complexity index is 609. The number of aryl methyl sites for hydroxylation is 1. The van der Waals surface area contributed by atoms with Crippen molar-refractivity contribution in [1.29, 1.82) is 0 Å². The quantitative estimate of drug-likeness (QED) is 0.899. The van der Waals surface area contributed by atoms with E-state index in [1.165, 1.54) is 6.07 Å². The Morgan fingerprint density at radius 1 is 1.05 bits per heavy atom. The Hall–Kier alpha value is -2.43. The molecule has 3 nitrogen and oxygen atoms in total. The molecule has 2 rings (SSSR count). The van der Waals surface area contributed by atoms with E-state index in [4.69, 9.17) is 0 Å². The van der Waals surface area contributed by atoms with E-state index < -0.39 is 11.6 Å². The Balaban J connectivity index is 1.98. The molecule has 0 unspecified atom stereocenters. The van der Waals surface area contributed by atoms with Crippen LogP contribution >= 0.6 is 0 Å². The summed E-state index contributed by atoms with van der Waals surface area (Å²) in [7, 11) is 0. The van der Waals surface area contributed by atoms with E-state index in [-0.39, 0.29) is 18.1 Å². The largest absolute Gasteiger partial charge is 0.371 e. The van der Waals surface area contributed by atoms with Gasteiger partial charge in [-0.05, 0) is 30.7 Å². The third-order valence-corrected chi connectivity index (χ3v) is 2.81. The molecule has 1 amide bonds. The summed E-state index contributed by atoms with van der Waals surface area (Å²) in [4.78, 5) is 11.7. The molecule has 0 radical (unpaired) electrons. The van der Waals surface area contributed by atoms with Gasteiger partial charge in [-0.25, -0.2) is 8.78 Å². The Morgan fingerprint density at radius 3 is 2.35 bits per heavy atom. The van der Waals surface area contributed by atoms with Gasteiger partial charge in [0.25, 0.3) is 0 Å². The number of nitrogens with one attached hydrogen (secondary N) is 2. The molecule has 2 N–H and O–H groups in total. The molecule has 0 spiro atoms. The second kappa shape index (κ2) is 6.14. The van der Waals surface area contributed by atoms with Crippen molar-refractivity contribution in [3.63, 3.8) is 0 Å². The Labute approximate surface area is 115 Å². The lowest BCUT2D eigenvalue weighted by Gasteiger charge is -2.10. The molecular formula is C15H14F2N2O. The van der Waals surface area contributed by atoms with Crippen LogP contribution in [0.4, 0.5) is 20.2 Å². The molecule has 0 saturated heterocycles. The van der Waals surface area contributed by atoms with Gasteiger partial charge < -0.3 is 10.6 Å². The van der Waals surface area contributed by atoms with Gasteiger partial charge in [0, 0.05) is 5.69 Å². The molecule has 0 bridgehead atoms. The number of hydrogen-bond donors (Lipinski definition) is 2. The van der Waals surface area contributed by atoms with Crippen molar-refractivity contribution in [2.75, 3.05) is 17.2 Å². The molecule has 0 aliphatic rings. The normalized spacial score (nSPS) is 10.2. The lowest BCUT2D eigenvalue weighted by atomic mass is 10.2. The minimum absolute atomic E-state index is 0.216. The van der Waals surface area contributed by atoms with Crippen molar-refractivity contribution in [2.24, 2.45) is 0 Å². The van der Waals surface area contributed by atoms with E-state index in [0.717, 1.165) is 17.7 Å². The van der Waals surface area contributed by atoms with Gasteiger partial charge in [-0.3, -0.25) is 4.79 Å². The van der Waals surface area contributed by atoms with Gasteiger partial charge in [0.05, 0.1) is 6.54 Å². The zero-order valence-electron chi connectivity index (χ0n) is 10.9. The molecule has 0 aliphatic carbocycles. The van der Waals surface area contributed by atoms with Crippen molar-refractivity contribution in [3.05, 3.63) is 59.7 Å². The van der Waals surface area contributed by atoms with Crippen LogP contribution in [-0.4, -0.2) is 12.5 Å². The number of anilines is 2. The van der Waals surface area contributed by atoms with Gasteiger partial charge in [-0.1, -0.05) is 24.3 Å². The highest BCUT2D eigenvalue weighted by Gasteiger charge is 2.10. The lowest BCUT2D eigenvalue weighted by molar-refractivity contribution is -0.114. The van der Waals surface area contributed by atoms with Gasteiger partial charge in [-0.15, -0.1) is 0 Å². The highest BCUT2D eigenvalue weighted by Crippen LogP contribution is 2.18. The zero-order chi connectivity index (χ0) is 14.5. The lowest BCUT2D eigenvalue weighted by Crippen LogP contribution is -2.23. The van der Waals surface area contributed by atoms with Crippen molar-refractivity contribution >= 4 is 17.3 Å². The average molecular weight is 276 g/mol. The summed E-state index contributed by atoms with van der Waals surface area (Å²) in [6.45, 7) is 1.64. The van der Waals surface area contributed by atoms with Crippen molar-refractivity contribution < 1.29 is 13.6 Å². The number of carbonyl (C=O) groups is 1. The number of hydrogen-bond acceptors (Lipinski definition) is 2. The van der Waals surface area contributed by atoms with Crippen LogP contribution in [0, 0.1) is 18.6 Å². The second-order valence-corrected chi connectivity index (χ2v) is 4.31. The summed E-state index contributed by atoms with van der Waals surface area (Å²) in [6, 6.07) is 10.8. The first-order valence-electron chi connectivity index (χ1n) is 6.11. The highest BCUT2D eigenvalue weighted by atomic mass is 19.1. The summed E-state index contributed by atoms with van der Waals surface area (Å²) < 4.78 is 26.7. The summed E-state index contributed by atoms with van der Waals surface area (Å²) in [5, 5.41) is 5.13. The smallest absolute Gasteiger partial charge is 0.243 e. The second-order valence-electron chi connectivity index (χ2n) is 4.31. The van der Waals surface area contributed by atoms with Gasteiger partial charge in [-0.2, -0.15) is 0 Å². The Kier molecular flexibility index (Phi) is 4.30. The molecule has 0 saturated carbocycles. The van der Waals surface area contributed by atoms with Crippen LogP contribution in [0.1, 0.15) is 5.56 Å². The van der Waals surface area contributed by atoms with E-state index in [0.29, 0.717) is 5.69 Å². The predicted molar refractivity (Wildman–Crippen MR) is 74.7 cm³/mol. The van der Waals surface area contributed by atoms with E-state index in [1.54, 1.807) is 12.1 Å². The third-order valence-electron chi connectivity index (χ3n) is 2.81. The van der Waals surface area contributed by atoms with Crippen molar-refractivity contribution in [1.82, 2.24) is 0 Å². The first-order chi connectivity index (χ1) is 9.58. The molecule has 2 aromatic carbocycles. The van der Waals surface area contributed by atoms with Crippen LogP contribution in [0.2, 0.25) is 0 Å². The number of rotatable bonds is 4. The molecule has 2 aromatic rings. The molecule has 104 valence electrons. The fourth-order valence-corrected chi connectivity index (χ4v) is 1.74. The number of para-hydroxylation sites is 2. The van der Waals surface area contributed by atoms with E-state index in [2.05, 4.69) is 10.6 Å². The van der Waals surface area contributed by atoms with Crippen molar-refractivity contribution in [3.8, 4) is 0 Å². The fourth-order valence-electron chi connectivity index (χ4n) is 1.74. The molecule has 0 heterocycles.